The van der Waals surface area contributed by atoms with Crippen molar-refractivity contribution in [3.05, 3.63) is 51.4 Å². The molecule has 1 aliphatic rings. The Balaban J connectivity index is 2.16. The fourth-order valence-corrected chi connectivity index (χ4v) is 2.71. The zero-order chi connectivity index (χ0) is 15.1. The van der Waals surface area contributed by atoms with Crippen molar-refractivity contribution in [3.63, 3.8) is 0 Å². The normalized spacial score (nSPS) is 16.9. The van der Waals surface area contributed by atoms with Crippen molar-refractivity contribution < 1.29 is 9.90 Å². The second kappa shape index (κ2) is 5.05. The Hall–Kier alpha value is -2.05. The van der Waals surface area contributed by atoms with E-state index in [0.717, 1.165) is 0 Å². The van der Waals surface area contributed by atoms with Gasteiger partial charge in [0.05, 0.1) is 0 Å². The number of halogens is 2. The minimum Gasteiger partial charge on any atom is -0.477 e. The fraction of sp³-hybridized carbons (Fsp3) is 0.154. The van der Waals surface area contributed by atoms with Crippen LogP contribution < -0.4 is 5.32 Å². The van der Waals surface area contributed by atoms with Crippen LogP contribution in [-0.4, -0.2) is 25.8 Å². The first kappa shape index (κ1) is 13.9. The first-order valence-electron chi connectivity index (χ1n) is 6.06. The quantitative estimate of drug-likeness (QED) is 0.887. The number of benzene rings is 1. The van der Waals surface area contributed by atoms with Gasteiger partial charge in [-0.25, -0.2) is 9.48 Å². The molecule has 0 saturated heterocycles. The van der Waals surface area contributed by atoms with Crippen molar-refractivity contribution in [1.29, 1.82) is 0 Å². The summed E-state index contributed by atoms with van der Waals surface area (Å²) in [6.07, 6.45) is 1.54. The molecular weight excluding hydrogens is 315 g/mol. The highest BCUT2D eigenvalue weighted by Crippen LogP contribution is 2.34. The number of carboxylic acid groups (broad SMARTS) is 1. The average Bonchev–Trinajstić information content (AvgIpc) is 2.78. The van der Waals surface area contributed by atoms with E-state index in [1.165, 1.54) is 0 Å². The number of hydrogen-bond donors (Lipinski definition) is 2. The van der Waals surface area contributed by atoms with Gasteiger partial charge < -0.3 is 10.4 Å². The van der Waals surface area contributed by atoms with E-state index in [1.54, 1.807) is 35.9 Å². The molecule has 0 aliphatic carbocycles. The third-order valence-electron chi connectivity index (χ3n) is 3.08. The van der Waals surface area contributed by atoms with Crippen LogP contribution in [0.3, 0.4) is 0 Å². The molecule has 0 bridgehead atoms. The number of rotatable bonds is 2. The molecule has 1 aromatic carbocycles. The highest BCUT2D eigenvalue weighted by molar-refractivity contribution is 6.35. The molecule has 8 heteroatoms. The van der Waals surface area contributed by atoms with E-state index in [9.17, 15) is 9.90 Å². The number of aromatic nitrogens is 3. The molecule has 0 amide bonds. The summed E-state index contributed by atoms with van der Waals surface area (Å²) in [6.45, 7) is 1.73. The van der Waals surface area contributed by atoms with E-state index in [2.05, 4.69) is 15.4 Å². The summed E-state index contributed by atoms with van der Waals surface area (Å²) >= 11 is 12.1. The lowest BCUT2D eigenvalue weighted by atomic mass is 10.0. The highest BCUT2D eigenvalue weighted by atomic mass is 35.5. The number of carbonyl (C=O) groups is 1. The molecule has 1 aliphatic heterocycles. The Kier molecular flexibility index (Phi) is 3.35. The molecule has 3 rings (SSSR count). The largest absolute Gasteiger partial charge is 0.477 e. The number of hydrogen-bond acceptors (Lipinski definition) is 4. The zero-order valence-electron chi connectivity index (χ0n) is 10.8. The van der Waals surface area contributed by atoms with Crippen LogP contribution in [-0.2, 0) is 4.79 Å². The molecule has 1 aromatic heterocycles. The molecule has 2 N–H and O–H groups in total. The second-order valence-corrected chi connectivity index (χ2v) is 5.39. The maximum atomic E-state index is 11.2. The summed E-state index contributed by atoms with van der Waals surface area (Å²) in [5.41, 5.74) is 0.735. The Morgan fingerprint density at radius 3 is 2.86 bits per heavy atom. The minimum absolute atomic E-state index is 0.0333. The van der Waals surface area contributed by atoms with Crippen LogP contribution >= 0.6 is 23.2 Å². The molecule has 2 aromatic rings. The second-order valence-electron chi connectivity index (χ2n) is 4.55. The summed E-state index contributed by atoms with van der Waals surface area (Å²) in [5, 5.41) is 17.2. The monoisotopic (exact) mass is 324 g/mol. The first-order chi connectivity index (χ1) is 9.95. The smallest absolute Gasteiger partial charge is 0.352 e. The van der Waals surface area contributed by atoms with E-state index in [4.69, 9.17) is 23.2 Å². The lowest BCUT2D eigenvalue weighted by Crippen LogP contribution is -2.24. The van der Waals surface area contributed by atoms with Crippen LogP contribution in [0.2, 0.25) is 10.0 Å². The third kappa shape index (κ3) is 2.48. The number of nitrogens with zero attached hydrogens (tertiary/aromatic N) is 3. The first-order valence-corrected chi connectivity index (χ1v) is 6.81. The molecule has 1 atom stereocenters. The van der Waals surface area contributed by atoms with Gasteiger partial charge in [-0.1, -0.05) is 29.3 Å². The van der Waals surface area contributed by atoms with Gasteiger partial charge in [-0.05, 0) is 30.7 Å². The van der Waals surface area contributed by atoms with Gasteiger partial charge in [-0.3, -0.25) is 0 Å². The van der Waals surface area contributed by atoms with Crippen LogP contribution in [0.25, 0.3) is 0 Å². The maximum Gasteiger partial charge on any atom is 0.352 e. The van der Waals surface area contributed by atoms with Crippen LogP contribution in [0.1, 0.15) is 17.4 Å². The van der Waals surface area contributed by atoms with E-state index in [1.807, 2.05) is 0 Å². The average molecular weight is 325 g/mol. The Bertz CT molecular complexity index is 770. The lowest BCUT2D eigenvalue weighted by Gasteiger charge is -2.23. The van der Waals surface area contributed by atoms with Gasteiger partial charge in [0.1, 0.15) is 17.6 Å². The molecular formula is C13H10Cl2N4O2. The van der Waals surface area contributed by atoms with Crippen LogP contribution in [0.15, 0.2) is 30.0 Å². The summed E-state index contributed by atoms with van der Waals surface area (Å²) < 4.78 is 1.59. The van der Waals surface area contributed by atoms with E-state index in [0.29, 0.717) is 27.4 Å². The topological polar surface area (TPSA) is 80.0 Å². The van der Waals surface area contributed by atoms with Crippen molar-refractivity contribution >= 4 is 35.1 Å². The van der Waals surface area contributed by atoms with Gasteiger partial charge in [0.25, 0.3) is 0 Å². The van der Waals surface area contributed by atoms with Crippen molar-refractivity contribution in [3.8, 4) is 0 Å². The summed E-state index contributed by atoms with van der Waals surface area (Å²) in [4.78, 5) is 15.4. The Morgan fingerprint density at radius 1 is 1.43 bits per heavy atom. The van der Waals surface area contributed by atoms with Gasteiger partial charge >= 0.3 is 5.97 Å². The van der Waals surface area contributed by atoms with E-state index >= 15 is 0 Å². The van der Waals surface area contributed by atoms with Crippen molar-refractivity contribution in [2.45, 2.75) is 13.0 Å². The van der Waals surface area contributed by atoms with Crippen LogP contribution in [0, 0.1) is 6.92 Å². The van der Waals surface area contributed by atoms with Crippen LogP contribution in [0.5, 0.6) is 0 Å². The molecule has 21 heavy (non-hydrogen) atoms. The Morgan fingerprint density at radius 2 is 2.19 bits per heavy atom. The summed E-state index contributed by atoms with van der Waals surface area (Å²) in [7, 11) is 0. The molecule has 0 radical (unpaired) electrons. The summed E-state index contributed by atoms with van der Waals surface area (Å²) in [6, 6.07) is 4.59. The number of anilines is 1. The van der Waals surface area contributed by atoms with E-state index < -0.39 is 12.0 Å². The molecule has 0 saturated carbocycles. The molecule has 6 nitrogen and oxygen atoms in total. The predicted octanol–water partition coefficient (Wildman–Crippen LogP) is 2.88. The van der Waals surface area contributed by atoms with Gasteiger partial charge in [0, 0.05) is 10.0 Å². The van der Waals surface area contributed by atoms with Gasteiger partial charge in [-0.15, -0.1) is 0 Å². The van der Waals surface area contributed by atoms with Gasteiger partial charge in [0.15, 0.2) is 0 Å². The van der Waals surface area contributed by atoms with Crippen molar-refractivity contribution in [2.24, 2.45) is 0 Å². The van der Waals surface area contributed by atoms with Crippen LogP contribution in [0.4, 0.5) is 5.95 Å². The minimum atomic E-state index is -1.07. The highest BCUT2D eigenvalue weighted by Gasteiger charge is 2.27. The third-order valence-corrected chi connectivity index (χ3v) is 3.65. The number of carboxylic acids is 1. The van der Waals surface area contributed by atoms with E-state index in [-0.39, 0.29) is 5.70 Å². The predicted molar refractivity (Wildman–Crippen MR) is 78.7 cm³/mol. The number of allylic oxidation sites excluding steroid dienone is 1. The fourth-order valence-electron chi connectivity index (χ4n) is 2.19. The standard InChI is InChI=1S/C13H10Cl2N4O2/c1-6-16-13-17-10(12(20)21)5-11(19(13)18-6)8-3-2-7(14)4-9(8)15/h2-5,11H,1H3,(H,20,21)(H,16,17,18)/t11-/m1/s1. The molecule has 2 heterocycles. The molecule has 108 valence electrons. The molecule has 0 unspecified atom stereocenters. The summed E-state index contributed by atoms with van der Waals surface area (Å²) in [5.74, 6) is -0.173. The number of aliphatic carboxylic acids is 1. The Labute approximate surface area is 130 Å². The van der Waals surface area contributed by atoms with Crippen molar-refractivity contribution in [1.82, 2.24) is 14.8 Å². The SMILES string of the molecule is Cc1nc2n(n1)[C@@H](c1ccc(Cl)cc1Cl)C=C(C(=O)O)N2. The number of nitrogens with one attached hydrogen (secondary N) is 1. The molecule has 0 fully saturated rings. The number of fused-ring (bicyclic) bond motifs is 1. The lowest BCUT2D eigenvalue weighted by molar-refractivity contribution is -0.132. The zero-order valence-corrected chi connectivity index (χ0v) is 12.4. The maximum absolute atomic E-state index is 11.2. The van der Waals surface area contributed by atoms with Gasteiger partial charge in [0.2, 0.25) is 5.95 Å². The molecule has 0 spiro atoms. The number of aryl methyl sites for hydroxylation is 1. The van der Waals surface area contributed by atoms with Gasteiger partial charge in [-0.2, -0.15) is 10.1 Å². The van der Waals surface area contributed by atoms with Crippen molar-refractivity contribution in [2.75, 3.05) is 5.32 Å².